The van der Waals surface area contributed by atoms with Crippen molar-refractivity contribution in [3.63, 3.8) is 0 Å². The van der Waals surface area contributed by atoms with Crippen molar-refractivity contribution < 1.29 is 23.8 Å². The molecule has 4 aromatic carbocycles. The molecular weight excluding hydrogens is 454 g/mol. The smallest absolute Gasteiger partial charge is 0.341 e. The summed E-state index contributed by atoms with van der Waals surface area (Å²) in [6.07, 6.45) is 0. The molecule has 2 N–H and O–H groups in total. The number of fused-ring (bicyclic) bond motifs is 1. The SMILES string of the molecule is O=C(O)COc1ccc(-c2cc3cc(C(=O)NC(c4ccccc4)c4ccccc4)ccc3o2)cc1. The van der Waals surface area contributed by atoms with Crippen LogP contribution in [0.3, 0.4) is 0 Å². The average molecular weight is 478 g/mol. The molecule has 0 unspecified atom stereocenters. The van der Waals surface area contributed by atoms with Gasteiger partial charge in [-0.05, 0) is 59.7 Å². The molecule has 6 heteroatoms. The van der Waals surface area contributed by atoms with E-state index in [1.165, 1.54) is 0 Å². The minimum Gasteiger partial charge on any atom is -0.482 e. The first-order chi connectivity index (χ1) is 17.6. The maximum atomic E-state index is 13.3. The highest BCUT2D eigenvalue weighted by molar-refractivity contribution is 5.98. The highest BCUT2D eigenvalue weighted by Crippen LogP contribution is 2.30. The molecule has 0 radical (unpaired) electrons. The normalized spacial score (nSPS) is 10.9. The lowest BCUT2D eigenvalue weighted by molar-refractivity contribution is -0.139. The summed E-state index contributed by atoms with van der Waals surface area (Å²) in [5.41, 5.74) is 4.01. The summed E-state index contributed by atoms with van der Waals surface area (Å²) in [5, 5.41) is 12.7. The number of ether oxygens (including phenoxy) is 1. The van der Waals surface area contributed by atoms with E-state index in [1.807, 2.05) is 72.8 Å². The van der Waals surface area contributed by atoms with E-state index in [1.54, 1.807) is 36.4 Å². The Balaban J connectivity index is 1.37. The maximum Gasteiger partial charge on any atom is 0.341 e. The van der Waals surface area contributed by atoms with Crippen LogP contribution in [0, 0.1) is 0 Å². The van der Waals surface area contributed by atoms with E-state index >= 15 is 0 Å². The number of hydrogen-bond donors (Lipinski definition) is 2. The molecule has 0 aliphatic heterocycles. The highest BCUT2D eigenvalue weighted by atomic mass is 16.5. The number of carboxylic acids is 1. The van der Waals surface area contributed by atoms with Crippen LogP contribution in [0.2, 0.25) is 0 Å². The van der Waals surface area contributed by atoms with Gasteiger partial charge in [0.1, 0.15) is 17.1 Å². The van der Waals surface area contributed by atoms with Crippen LogP contribution >= 0.6 is 0 Å². The summed E-state index contributed by atoms with van der Waals surface area (Å²) in [4.78, 5) is 23.9. The molecule has 0 fully saturated rings. The summed E-state index contributed by atoms with van der Waals surface area (Å²) in [7, 11) is 0. The van der Waals surface area contributed by atoms with Gasteiger partial charge in [0.2, 0.25) is 0 Å². The average Bonchev–Trinajstić information content (AvgIpc) is 3.35. The van der Waals surface area contributed by atoms with Gasteiger partial charge >= 0.3 is 5.97 Å². The number of carbonyl (C=O) groups is 2. The Morgan fingerprint density at radius 1 is 0.806 bits per heavy atom. The molecule has 178 valence electrons. The molecule has 0 aliphatic carbocycles. The number of hydrogen-bond acceptors (Lipinski definition) is 4. The molecular formula is C30H23NO5. The summed E-state index contributed by atoms with van der Waals surface area (Å²) in [6.45, 7) is -0.399. The van der Waals surface area contributed by atoms with Crippen LogP contribution in [-0.4, -0.2) is 23.6 Å². The Kier molecular flexibility index (Phi) is 6.49. The standard InChI is InChI=1S/C30H23NO5/c32-28(33)19-35-25-14-11-20(12-15-25)27-18-24-17-23(13-16-26(24)36-27)30(34)31-29(21-7-3-1-4-8-21)22-9-5-2-6-10-22/h1-18,29H,19H2,(H,31,34)(H,32,33). The fourth-order valence-electron chi connectivity index (χ4n) is 4.05. The fourth-order valence-corrected chi connectivity index (χ4v) is 4.05. The topological polar surface area (TPSA) is 88.8 Å². The molecule has 1 heterocycles. The van der Waals surface area contributed by atoms with E-state index in [4.69, 9.17) is 14.3 Å². The number of carboxylic acid groups (broad SMARTS) is 1. The van der Waals surface area contributed by atoms with Crippen molar-refractivity contribution in [2.24, 2.45) is 0 Å². The van der Waals surface area contributed by atoms with Crippen molar-refractivity contribution in [3.8, 4) is 17.1 Å². The largest absolute Gasteiger partial charge is 0.482 e. The quantitative estimate of drug-likeness (QED) is 0.283. The second-order valence-corrected chi connectivity index (χ2v) is 8.30. The molecule has 0 saturated carbocycles. The van der Waals surface area contributed by atoms with Crippen LogP contribution < -0.4 is 10.1 Å². The third kappa shape index (κ3) is 5.13. The molecule has 0 saturated heterocycles. The van der Waals surface area contributed by atoms with Crippen molar-refractivity contribution in [1.82, 2.24) is 5.32 Å². The fraction of sp³-hybridized carbons (Fsp3) is 0.0667. The van der Waals surface area contributed by atoms with Crippen molar-refractivity contribution >= 4 is 22.8 Å². The minimum atomic E-state index is -1.03. The molecule has 0 spiro atoms. The number of furan rings is 1. The van der Waals surface area contributed by atoms with Crippen molar-refractivity contribution in [2.75, 3.05) is 6.61 Å². The Hall–Kier alpha value is -4.84. The Morgan fingerprint density at radius 3 is 2.06 bits per heavy atom. The number of carbonyl (C=O) groups excluding carboxylic acids is 1. The van der Waals surface area contributed by atoms with Crippen LogP contribution in [-0.2, 0) is 4.79 Å². The lowest BCUT2D eigenvalue weighted by Crippen LogP contribution is -2.29. The number of aliphatic carboxylic acids is 1. The zero-order chi connectivity index (χ0) is 24.9. The van der Waals surface area contributed by atoms with E-state index in [-0.39, 0.29) is 11.9 Å². The van der Waals surface area contributed by atoms with Gasteiger partial charge in [-0.3, -0.25) is 4.79 Å². The minimum absolute atomic E-state index is 0.183. The summed E-state index contributed by atoms with van der Waals surface area (Å²) in [6, 6.07) is 33.7. The molecule has 1 aromatic heterocycles. The molecule has 36 heavy (non-hydrogen) atoms. The van der Waals surface area contributed by atoms with Crippen LogP contribution in [0.15, 0.2) is 114 Å². The van der Waals surface area contributed by atoms with Crippen molar-refractivity contribution in [1.29, 1.82) is 0 Å². The van der Waals surface area contributed by atoms with Crippen LogP contribution in [0.25, 0.3) is 22.3 Å². The number of benzene rings is 4. The summed E-state index contributed by atoms with van der Waals surface area (Å²) in [5.74, 6) is -0.117. The van der Waals surface area contributed by atoms with E-state index in [0.29, 0.717) is 22.7 Å². The van der Waals surface area contributed by atoms with E-state index in [2.05, 4.69) is 5.32 Å². The van der Waals surface area contributed by atoms with Crippen LogP contribution in [0.5, 0.6) is 5.75 Å². The third-order valence-corrected chi connectivity index (χ3v) is 5.82. The second kappa shape index (κ2) is 10.2. The van der Waals surface area contributed by atoms with Gasteiger partial charge < -0.3 is 19.6 Å². The van der Waals surface area contributed by atoms with Gasteiger partial charge in [0.05, 0.1) is 6.04 Å². The van der Waals surface area contributed by atoms with Gasteiger partial charge in [0.25, 0.3) is 5.91 Å². The summed E-state index contributed by atoms with van der Waals surface area (Å²) >= 11 is 0. The molecule has 6 nitrogen and oxygen atoms in total. The third-order valence-electron chi connectivity index (χ3n) is 5.82. The molecule has 0 aliphatic rings. The predicted molar refractivity (Wildman–Crippen MR) is 137 cm³/mol. The van der Waals surface area contributed by atoms with E-state index < -0.39 is 12.6 Å². The number of amides is 1. The molecule has 0 atom stereocenters. The second-order valence-electron chi connectivity index (χ2n) is 8.30. The van der Waals surface area contributed by atoms with Gasteiger partial charge in [0.15, 0.2) is 6.61 Å². The predicted octanol–water partition coefficient (Wildman–Crippen LogP) is 6.08. The Morgan fingerprint density at radius 2 is 1.44 bits per heavy atom. The first-order valence-corrected chi connectivity index (χ1v) is 11.5. The zero-order valence-electron chi connectivity index (χ0n) is 19.3. The lowest BCUT2D eigenvalue weighted by atomic mass is 9.98. The van der Waals surface area contributed by atoms with Gasteiger partial charge in [-0.25, -0.2) is 4.79 Å². The summed E-state index contributed by atoms with van der Waals surface area (Å²) < 4.78 is 11.2. The molecule has 1 amide bonds. The Bertz CT molecular complexity index is 1450. The maximum absolute atomic E-state index is 13.3. The van der Waals surface area contributed by atoms with Crippen molar-refractivity contribution in [3.05, 3.63) is 126 Å². The Labute approximate surface area is 207 Å². The molecule has 5 aromatic rings. The van der Waals surface area contributed by atoms with Gasteiger partial charge in [-0.1, -0.05) is 60.7 Å². The zero-order valence-corrected chi connectivity index (χ0v) is 19.3. The number of rotatable bonds is 8. The van der Waals surface area contributed by atoms with Crippen molar-refractivity contribution in [2.45, 2.75) is 6.04 Å². The van der Waals surface area contributed by atoms with Crippen LogP contribution in [0.4, 0.5) is 0 Å². The molecule has 0 bridgehead atoms. The van der Waals surface area contributed by atoms with E-state index in [9.17, 15) is 9.59 Å². The van der Waals surface area contributed by atoms with E-state index in [0.717, 1.165) is 22.1 Å². The highest BCUT2D eigenvalue weighted by Gasteiger charge is 2.18. The number of nitrogens with one attached hydrogen (secondary N) is 1. The van der Waals surface area contributed by atoms with Gasteiger partial charge in [-0.15, -0.1) is 0 Å². The molecule has 5 rings (SSSR count). The first kappa shape index (κ1) is 22.9. The first-order valence-electron chi connectivity index (χ1n) is 11.5. The van der Waals surface area contributed by atoms with Crippen LogP contribution in [0.1, 0.15) is 27.5 Å². The van der Waals surface area contributed by atoms with Gasteiger partial charge in [-0.2, -0.15) is 0 Å². The lowest BCUT2D eigenvalue weighted by Gasteiger charge is -2.20. The monoisotopic (exact) mass is 477 g/mol. The van der Waals surface area contributed by atoms with Gasteiger partial charge in [0, 0.05) is 16.5 Å².